The van der Waals surface area contributed by atoms with E-state index in [0.29, 0.717) is 11.3 Å². The highest BCUT2D eigenvalue weighted by atomic mass is 16.5. The standard InChI is InChI=1S/C13H15NO2/c1-16-13(11-8-5-9-14-11)12(15)10-6-3-2-4-7-10/h2-4,6-7,14H,5,8-9H2,1H3. The maximum atomic E-state index is 12.1. The molecular formula is C13H15NO2. The van der Waals surface area contributed by atoms with Gasteiger partial charge in [-0.25, -0.2) is 0 Å². The molecule has 1 fully saturated rings. The Morgan fingerprint density at radius 3 is 2.62 bits per heavy atom. The van der Waals surface area contributed by atoms with E-state index in [9.17, 15) is 4.79 Å². The molecule has 3 heteroatoms. The first kappa shape index (κ1) is 10.7. The molecule has 0 radical (unpaired) electrons. The van der Waals surface area contributed by atoms with Crippen molar-refractivity contribution in [3.63, 3.8) is 0 Å². The first-order chi connectivity index (χ1) is 7.83. The van der Waals surface area contributed by atoms with Gasteiger partial charge in [0.15, 0.2) is 5.76 Å². The normalized spacial score (nSPS) is 17.8. The van der Waals surface area contributed by atoms with Gasteiger partial charge < -0.3 is 10.1 Å². The average Bonchev–Trinajstić information content (AvgIpc) is 2.85. The SMILES string of the molecule is COC(C(=O)c1ccccc1)=C1CCCN1. The second-order valence-electron chi connectivity index (χ2n) is 3.74. The minimum absolute atomic E-state index is 0.0486. The summed E-state index contributed by atoms with van der Waals surface area (Å²) in [5.74, 6) is 0.399. The molecule has 0 aliphatic carbocycles. The molecule has 1 aliphatic rings. The van der Waals surface area contributed by atoms with Crippen LogP contribution in [0.5, 0.6) is 0 Å². The monoisotopic (exact) mass is 217 g/mol. The number of benzene rings is 1. The number of rotatable bonds is 3. The molecule has 0 spiro atoms. The second-order valence-corrected chi connectivity index (χ2v) is 3.74. The molecule has 0 saturated carbocycles. The number of carbonyl (C=O) groups is 1. The van der Waals surface area contributed by atoms with Crippen LogP contribution in [0.2, 0.25) is 0 Å². The highest BCUT2D eigenvalue weighted by Gasteiger charge is 2.20. The van der Waals surface area contributed by atoms with E-state index < -0.39 is 0 Å². The lowest BCUT2D eigenvalue weighted by Gasteiger charge is -2.09. The van der Waals surface area contributed by atoms with Crippen molar-refractivity contribution in [2.75, 3.05) is 13.7 Å². The Morgan fingerprint density at radius 2 is 2.06 bits per heavy atom. The van der Waals surface area contributed by atoms with Crippen LogP contribution >= 0.6 is 0 Å². The van der Waals surface area contributed by atoms with Crippen molar-refractivity contribution in [2.24, 2.45) is 0 Å². The van der Waals surface area contributed by atoms with Gasteiger partial charge in [0.25, 0.3) is 0 Å². The van der Waals surface area contributed by atoms with Crippen molar-refractivity contribution in [1.82, 2.24) is 5.32 Å². The Hall–Kier alpha value is -1.77. The van der Waals surface area contributed by atoms with Crippen LogP contribution in [0, 0.1) is 0 Å². The van der Waals surface area contributed by atoms with E-state index in [1.54, 1.807) is 19.2 Å². The minimum Gasteiger partial charge on any atom is -0.491 e. The van der Waals surface area contributed by atoms with Gasteiger partial charge in [-0.15, -0.1) is 0 Å². The highest BCUT2D eigenvalue weighted by molar-refractivity contribution is 6.07. The van der Waals surface area contributed by atoms with Gasteiger partial charge in [-0.2, -0.15) is 0 Å². The Kier molecular flexibility index (Phi) is 3.25. The number of Topliss-reactive ketones (excluding diaryl/α,β-unsaturated/α-hetero) is 1. The van der Waals surface area contributed by atoms with Gasteiger partial charge in [0.05, 0.1) is 12.8 Å². The Labute approximate surface area is 95.1 Å². The summed E-state index contributed by atoms with van der Waals surface area (Å²) in [6.07, 6.45) is 1.95. The lowest BCUT2D eigenvalue weighted by Crippen LogP contribution is -2.14. The average molecular weight is 217 g/mol. The molecule has 1 saturated heterocycles. The van der Waals surface area contributed by atoms with Crippen LogP contribution in [0.1, 0.15) is 23.2 Å². The van der Waals surface area contributed by atoms with Crippen molar-refractivity contribution in [1.29, 1.82) is 0 Å². The number of ketones is 1. The first-order valence-electron chi connectivity index (χ1n) is 5.43. The predicted molar refractivity (Wildman–Crippen MR) is 62.0 cm³/mol. The van der Waals surface area contributed by atoms with Crippen LogP contribution in [0.3, 0.4) is 0 Å². The third-order valence-electron chi connectivity index (χ3n) is 2.66. The van der Waals surface area contributed by atoms with Gasteiger partial charge >= 0.3 is 0 Å². The van der Waals surface area contributed by atoms with Crippen molar-refractivity contribution in [3.05, 3.63) is 47.4 Å². The third-order valence-corrected chi connectivity index (χ3v) is 2.66. The quantitative estimate of drug-likeness (QED) is 0.479. The number of hydrogen-bond donors (Lipinski definition) is 1. The molecule has 1 heterocycles. The Morgan fingerprint density at radius 1 is 1.31 bits per heavy atom. The highest BCUT2D eigenvalue weighted by Crippen LogP contribution is 2.18. The van der Waals surface area contributed by atoms with Gasteiger partial charge in [-0.1, -0.05) is 30.3 Å². The number of allylic oxidation sites excluding steroid dienone is 2. The fourth-order valence-corrected chi connectivity index (χ4v) is 1.86. The number of nitrogens with one attached hydrogen (secondary N) is 1. The van der Waals surface area contributed by atoms with Gasteiger partial charge in [0.2, 0.25) is 5.78 Å². The molecule has 1 N–H and O–H groups in total. The largest absolute Gasteiger partial charge is 0.491 e. The minimum atomic E-state index is -0.0486. The van der Waals surface area contributed by atoms with E-state index in [2.05, 4.69) is 5.32 Å². The maximum Gasteiger partial charge on any atom is 0.229 e. The van der Waals surface area contributed by atoms with Crippen LogP contribution in [-0.4, -0.2) is 19.4 Å². The number of ether oxygens (including phenoxy) is 1. The van der Waals surface area contributed by atoms with Gasteiger partial charge in [0.1, 0.15) is 0 Å². The van der Waals surface area contributed by atoms with Gasteiger partial charge in [0, 0.05) is 12.1 Å². The molecule has 0 amide bonds. The van der Waals surface area contributed by atoms with E-state index in [1.807, 2.05) is 18.2 Å². The van der Waals surface area contributed by atoms with Crippen LogP contribution in [0.15, 0.2) is 41.8 Å². The van der Waals surface area contributed by atoms with Gasteiger partial charge in [-0.3, -0.25) is 4.79 Å². The first-order valence-corrected chi connectivity index (χ1v) is 5.43. The molecule has 0 aromatic heterocycles. The van der Waals surface area contributed by atoms with E-state index in [4.69, 9.17) is 4.74 Å². The summed E-state index contributed by atoms with van der Waals surface area (Å²) in [7, 11) is 1.54. The zero-order chi connectivity index (χ0) is 11.4. The van der Waals surface area contributed by atoms with Gasteiger partial charge in [-0.05, 0) is 12.8 Å². The molecule has 3 nitrogen and oxygen atoms in total. The summed E-state index contributed by atoms with van der Waals surface area (Å²) in [5, 5.41) is 3.19. The molecule has 1 aromatic carbocycles. The zero-order valence-electron chi connectivity index (χ0n) is 9.32. The molecular weight excluding hydrogens is 202 g/mol. The Bertz CT molecular complexity index is 401. The molecule has 1 aromatic rings. The molecule has 84 valence electrons. The lowest BCUT2D eigenvalue weighted by atomic mass is 10.1. The third kappa shape index (κ3) is 2.08. The molecule has 0 unspecified atom stereocenters. The number of hydrogen-bond acceptors (Lipinski definition) is 3. The van der Waals surface area contributed by atoms with Crippen molar-refractivity contribution in [3.8, 4) is 0 Å². The number of methoxy groups -OCH3 is 1. The predicted octanol–water partition coefficient (Wildman–Crippen LogP) is 2.11. The summed E-state index contributed by atoms with van der Waals surface area (Å²) in [5.41, 5.74) is 1.59. The lowest BCUT2D eigenvalue weighted by molar-refractivity contribution is 0.0948. The van der Waals surface area contributed by atoms with Crippen LogP contribution in [-0.2, 0) is 4.74 Å². The van der Waals surface area contributed by atoms with E-state index in [0.717, 1.165) is 25.1 Å². The second kappa shape index (κ2) is 4.84. The summed E-state index contributed by atoms with van der Waals surface area (Å²) in [6.45, 7) is 0.921. The van der Waals surface area contributed by atoms with E-state index in [1.165, 1.54) is 0 Å². The topological polar surface area (TPSA) is 38.3 Å². The van der Waals surface area contributed by atoms with Crippen LogP contribution in [0.4, 0.5) is 0 Å². The number of carbonyl (C=O) groups excluding carboxylic acids is 1. The maximum absolute atomic E-state index is 12.1. The molecule has 0 atom stereocenters. The zero-order valence-corrected chi connectivity index (χ0v) is 9.32. The fraction of sp³-hybridized carbons (Fsp3) is 0.308. The molecule has 16 heavy (non-hydrogen) atoms. The summed E-state index contributed by atoms with van der Waals surface area (Å²) < 4.78 is 5.22. The van der Waals surface area contributed by atoms with Crippen molar-refractivity contribution in [2.45, 2.75) is 12.8 Å². The van der Waals surface area contributed by atoms with E-state index in [-0.39, 0.29) is 5.78 Å². The summed E-state index contributed by atoms with van der Waals surface area (Å²) >= 11 is 0. The summed E-state index contributed by atoms with van der Waals surface area (Å²) in [6, 6.07) is 9.21. The molecule has 1 aliphatic heterocycles. The van der Waals surface area contributed by atoms with E-state index >= 15 is 0 Å². The fourth-order valence-electron chi connectivity index (χ4n) is 1.86. The van der Waals surface area contributed by atoms with Crippen molar-refractivity contribution >= 4 is 5.78 Å². The van der Waals surface area contributed by atoms with Crippen LogP contribution in [0.25, 0.3) is 0 Å². The Balaban J connectivity index is 2.29. The van der Waals surface area contributed by atoms with Crippen LogP contribution < -0.4 is 5.32 Å². The summed E-state index contributed by atoms with van der Waals surface area (Å²) in [4.78, 5) is 12.1. The van der Waals surface area contributed by atoms with Crippen molar-refractivity contribution < 1.29 is 9.53 Å². The molecule has 0 bridgehead atoms. The molecule has 2 rings (SSSR count). The smallest absolute Gasteiger partial charge is 0.229 e.